The van der Waals surface area contributed by atoms with Gasteiger partial charge in [0.05, 0.1) is 12.5 Å². The van der Waals surface area contributed by atoms with Crippen molar-refractivity contribution in [2.45, 2.75) is 37.8 Å². The van der Waals surface area contributed by atoms with E-state index >= 15 is 0 Å². The van der Waals surface area contributed by atoms with Crippen molar-refractivity contribution in [3.05, 3.63) is 78.1 Å². The number of aromatic nitrogens is 3. The summed E-state index contributed by atoms with van der Waals surface area (Å²) in [4.78, 5) is 20.0. The average Bonchev–Trinajstić information content (AvgIpc) is 3.19. The summed E-state index contributed by atoms with van der Waals surface area (Å²) < 4.78 is 47.5. The Morgan fingerprint density at radius 1 is 1.22 bits per heavy atom. The number of carbonyl (C=O) groups excluding carboxylic acids is 1. The molecule has 0 saturated carbocycles. The van der Waals surface area contributed by atoms with E-state index in [1.165, 1.54) is 13.2 Å². The summed E-state index contributed by atoms with van der Waals surface area (Å²) >= 11 is 0. The molecule has 0 aliphatic heterocycles. The lowest BCUT2D eigenvalue weighted by molar-refractivity contribution is -0.271. The van der Waals surface area contributed by atoms with E-state index in [1.807, 2.05) is 6.07 Å². The molecular formula is C22H23F3N4O3. The number of hydrogen-bond acceptors (Lipinski definition) is 5. The second kappa shape index (κ2) is 9.39. The van der Waals surface area contributed by atoms with Crippen molar-refractivity contribution in [1.82, 2.24) is 19.9 Å². The highest BCUT2D eigenvalue weighted by molar-refractivity contribution is 5.77. The highest BCUT2D eigenvalue weighted by Crippen LogP contribution is 2.40. The minimum absolute atomic E-state index is 0.336. The second-order valence-corrected chi connectivity index (χ2v) is 7.40. The van der Waals surface area contributed by atoms with Crippen molar-refractivity contribution in [2.24, 2.45) is 7.05 Å². The maximum Gasteiger partial charge on any atom is 0.425 e. The molecule has 2 aromatic heterocycles. The normalized spacial score (nSPS) is 14.4. The molecule has 2 N–H and O–H groups in total. The Morgan fingerprint density at radius 3 is 2.50 bits per heavy atom. The molecule has 7 nitrogen and oxygen atoms in total. The van der Waals surface area contributed by atoms with E-state index in [-0.39, 0.29) is 0 Å². The third-order valence-electron chi connectivity index (χ3n) is 4.96. The molecule has 32 heavy (non-hydrogen) atoms. The molecule has 170 valence electrons. The van der Waals surface area contributed by atoms with Crippen LogP contribution in [0.5, 0.6) is 5.75 Å². The van der Waals surface area contributed by atoms with Gasteiger partial charge in [-0.1, -0.05) is 18.2 Å². The van der Waals surface area contributed by atoms with Crippen molar-refractivity contribution >= 4 is 5.91 Å². The van der Waals surface area contributed by atoms with Crippen LogP contribution in [0.15, 0.2) is 61.2 Å². The Hall–Kier alpha value is -3.40. The van der Waals surface area contributed by atoms with Crippen LogP contribution >= 0.6 is 0 Å². The van der Waals surface area contributed by atoms with Gasteiger partial charge >= 0.3 is 6.18 Å². The zero-order chi connectivity index (χ0) is 23.4. The summed E-state index contributed by atoms with van der Waals surface area (Å²) in [6, 6.07) is 9.92. The third-order valence-corrected chi connectivity index (χ3v) is 4.96. The number of pyridine rings is 1. The number of benzene rings is 1. The first-order chi connectivity index (χ1) is 15.1. The highest BCUT2D eigenvalue weighted by Gasteiger charge is 2.58. The van der Waals surface area contributed by atoms with Crippen LogP contribution in [0.3, 0.4) is 0 Å². The summed E-state index contributed by atoms with van der Waals surface area (Å²) in [6.45, 7) is 1.97. The lowest BCUT2D eigenvalue weighted by atomic mass is 9.96. The predicted molar refractivity (Wildman–Crippen MR) is 109 cm³/mol. The van der Waals surface area contributed by atoms with Gasteiger partial charge in [-0.15, -0.1) is 0 Å². The fraction of sp³-hybridized carbons (Fsp3) is 0.318. The van der Waals surface area contributed by atoms with E-state index in [0.717, 1.165) is 16.3 Å². The number of hydrogen-bond donors (Lipinski definition) is 2. The van der Waals surface area contributed by atoms with E-state index in [1.54, 1.807) is 49.6 Å². The van der Waals surface area contributed by atoms with Gasteiger partial charge in [0, 0.05) is 37.4 Å². The molecule has 0 fully saturated rings. The summed E-state index contributed by atoms with van der Waals surface area (Å²) in [5.74, 6) is -1.02. The van der Waals surface area contributed by atoms with Crippen LogP contribution in [0.4, 0.5) is 13.2 Å². The van der Waals surface area contributed by atoms with Gasteiger partial charge in [0.15, 0.2) is 5.82 Å². The number of nitrogens with zero attached hydrogens (tertiary/aromatic N) is 3. The molecule has 3 rings (SSSR count). The molecule has 2 atom stereocenters. The van der Waals surface area contributed by atoms with E-state index in [4.69, 9.17) is 4.74 Å². The van der Waals surface area contributed by atoms with Gasteiger partial charge < -0.3 is 19.7 Å². The largest absolute Gasteiger partial charge is 0.489 e. The van der Waals surface area contributed by atoms with E-state index in [0.29, 0.717) is 17.9 Å². The first-order valence-electron chi connectivity index (χ1n) is 9.78. The first kappa shape index (κ1) is 23.3. The topological polar surface area (TPSA) is 89.3 Å². The van der Waals surface area contributed by atoms with Crippen LogP contribution in [0.2, 0.25) is 0 Å². The number of carbonyl (C=O) groups is 1. The van der Waals surface area contributed by atoms with Gasteiger partial charge in [-0.25, -0.2) is 4.98 Å². The molecular weight excluding hydrogens is 425 g/mol. The zero-order valence-corrected chi connectivity index (χ0v) is 17.5. The molecule has 0 spiro atoms. The number of imidazole rings is 1. The molecule has 0 bridgehead atoms. The van der Waals surface area contributed by atoms with Gasteiger partial charge in [0.2, 0.25) is 11.5 Å². The molecule has 2 heterocycles. The molecule has 0 aliphatic carbocycles. The number of rotatable bonds is 8. The van der Waals surface area contributed by atoms with Crippen molar-refractivity contribution in [3.63, 3.8) is 0 Å². The number of aliphatic hydroxyl groups is 1. The zero-order valence-electron chi connectivity index (χ0n) is 17.5. The number of aryl methyl sites for hydroxylation is 1. The van der Waals surface area contributed by atoms with Gasteiger partial charge in [-0.3, -0.25) is 9.78 Å². The summed E-state index contributed by atoms with van der Waals surface area (Å²) in [5, 5.41) is 12.8. The van der Waals surface area contributed by atoms with Gasteiger partial charge in [-0.2, -0.15) is 13.2 Å². The van der Waals surface area contributed by atoms with Crippen LogP contribution in [0.1, 0.15) is 36.3 Å². The Balaban J connectivity index is 1.62. The van der Waals surface area contributed by atoms with Crippen LogP contribution in [-0.4, -0.2) is 31.7 Å². The first-order valence-corrected chi connectivity index (χ1v) is 9.78. The molecule has 2 unspecified atom stereocenters. The van der Waals surface area contributed by atoms with Crippen LogP contribution in [0.25, 0.3) is 0 Å². The smallest absolute Gasteiger partial charge is 0.425 e. The lowest BCUT2D eigenvalue weighted by Crippen LogP contribution is -2.48. The average molecular weight is 448 g/mol. The lowest BCUT2D eigenvalue weighted by Gasteiger charge is -2.29. The summed E-state index contributed by atoms with van der Waals surface area (Å²) in [7, 11) is 1.32. The Labute approximate surface area is 182 Å². The SMILES string of the molecule is CC(NC(=O)CC(O)(c1nccn1C)C(F)(F)F)c1ccc(OCc2cccnc2)cc1. The molecule has 3 aromatic rings. The van der Waals surface area contributed by atoms with E-state index < -0.39 is 36.0 Å². The maximum absolute atomic E-state index is 13.6. The minimum Gasteiger partial charge on any atom is -0.489 e. The van der Waals surface area contributed by atoms with Gasteiger partial charge in [-0.05, 0) is 30.7 Å². The molecule has 0 radical (unpaired) electrons. The molecule has 10 heteroatoms. The molecule has 1 aromatic carbocycles. The number of alkyl halides is 3. The number of nitrogens with one attached hydrogen (secondary N) is 1. The van der Waals surface area contributed by atoms with Crippen molar-refractivity contribution in [1.29, 1.82) is 0 Å². The number of amides is 1. The standard InChI is InChI=1S/C22H23F3N4O3/c1-15(17-5-7-18(8-6-17)32-14-16-4-3-9-26-13-16)28-19(30)12-21(31,22(23,24)25)20-27-10-11-29(20)2/h3-11,13,15,31H,12,14H2,1-2H3,(H,28,30). The van der Waals surface area contributed by atoms with Gasteiger partial charge in [0.25, 0.3) is 0 Å². The van der Waals surface area contributed by atoms with Crippen molar-refractivity contribution in [3.8, 4) is 5.75 Å². The Morgan fingerprint density at radius 2 is 1.94 bits per heavy atom. The maximum atomic E-state index is 13.6. The number of ether oxygens (including phenoxy) is 1. The Kier molecular flexibility index (Phi) is 6.83. The molecule has 1 amide bonds. The fourth-order valence-electron chi connectivity index (χ4n) is 3.18. The summed E-state index contributed by atoms with van der Waals surface area (Å²) in [6.07, 6.45) is -0.536. The van der Waals surface area contributed by atoms with E-state index in [9.17, 15) is 23.1 Å². The molecule has 0 saturated heterocycles. The fourth-order valence-corrected chi connectivity index (χ4v) is 3.18. The van der Waals surface area contributed by atoms with E-state index in [2.05, 4.69) is 15.3 Å². The second-order valence-electron chi connectivity index (χ2n) is 7.40. The van der Waals surface area contributed by atoms with Gasteiger partial charge in [0.1, 0.15) is 12.4 Å². The van der Waals surface area contributed by atoms with Crippen LogP contribution < -0.4 is 10.1 Å². The summed E-state index contributed by atoms with van der Waals surface area (Å²) in [5.41, 5.74) is -1.83. The van der Waals surface area contributed by atoms with Crippen molar-refractivity contribution in [2.75, 3.05) is 0 Å². The monoisotopic (exact) mass is 448 g/mol. The molecule has 0 aliphatic rings. The Bertz CT molecular complexity index is 1040. The third kappa shape index (κ3) is 5.25. The predicted octanol–water partition coefficient (Wildman–Crippen LogP) is 3.41. The number of halogens is 3. The van der Waals surface area contributed by atoms with Crippen LogP contribution in [-0.2, 0) is 24.1 Å². The minimum atomic E-state index is -5.08. The van der Waals surface area contributed by atoms with Crippen molar-refractivity contribution < 1.29 is 27.8 Å². The highest BCUT2D eigenvalue weighted by atomic mass is 19.4. The quantitative estimate of drug-likeness (QED) is 0.551. The van der Waals surface area contributed by atoms with Crippen LogP contribution in [0, 0.1) is 0 Å².